The Hall–Kier alpha value is -2.28. The van der Waals surface area contributed by atoms with E-state index in [2.05, 4.69) is 0 Å². The number of hydrogen-bond donors (Lipinski definition) is 1. The molecule has 0 spiro atoms. The number of aromatic nitrogens is 1. The highest BCUT2D eigenvalue weighted by Gasteiger charge is 2.41. The van der Waals surface area contributed by atoms with Gasteiger partial charge in [-0.15, -0.1) is 0 Å². The van der Waals surface area contributed by atoms with Crippen LogP contribution in [-0.4, -0.2) is 33.1 Å². The molecule has 2 heterocycles. The number of rotatable bonds is 2. The van der Waals surface area contributed by atoms with Crippen LogP contribution in [0.3, 0.4) is 0 Å². The van der Waals surface area contributed by atoms with Crippen molar-refractivity contribution in [2.24, 2.45) is 7.05 Å². The second kappa shape index (κ2) is 6.22. The quantitative estimate of drug-likeness (QED) is 0.901. The summed E-state index contributed by atoms with van der Waals surface area (Å²) < 4.78 is 41.7. The van der Waals surface area contributed by atoms with Crippen LogP contribution in [0.4, 0.5) is 13.2 Å². The fourth-order valence-electron chi connectivity index (χ4n) is 3.35. The van der Waals surface area contributed by atoms with Crippen LogP contribution in [0.25, 0.3) is 0 Å². The van der Waals surface area contributed by atoms with Crippen LogP contribution in [0.1, 0.15) is 39.8 Å². The van der Waals surface area contributed by atoms with Gasteiger partial charge in [0.25, 0.3) is 5.91 Å². The molecular weight excluding hydrogens is 333 g/mol. The first-order valence-corrected chi connectivity index (χ1v) is 7.97. The van der Waals surface area contributed by atoms with Crippen molar-refractivity contribution < 1.29 is 23.1 Å². The van der Waals surface area contributed by atoms with E-state index in [1.165, 1.54) is 23.1 Å². The summed E-state index contributed by atoms with van der Waals surface area (Å²) in [7, 11) is 1.73. The van der Waals surface area contributed by atoms with Gasteiger partial charge in [-0.05, 0) is 37.1 Å². The van der Waals surface area contributed by atoms with E-state index >= 15 is 0 Å². The Kier molecular flexibility index (Phi) is 4.36. The van der Waals surface area contributed by atoms with Crippen LogP contribution in [0.15, 0.2) is 36.4 Å². The molecule has 1 fully saturated rings. The van der Waals surface area contributed by atoms with Gasteiger partial charge < -0.3 is 14.6 Å². The van der Waals surface area contributed by atoms with Crippen LogP contribution in [0.2, 0.25) is 0 Å². The van der Waals surface area contributed by atoms with Crippen LogP contribution in [0, 0.1) is 6.92 Å². The number of likely N-dealkylation sites (tertiary alicyclic amines) is 1. The van der Waals surface area contributed by atoms with Gasteiger partial charge in [-0.2, -0.15) is 13.2 Å². The van der Waals surface area contributed by atoms with E-state index in [0.29, 0.717) is 5.69 Å². The zero-order chi connectivity index (χ0) is 18.4. The Morgan fingerprint density at radius 3 is 2.48 bits per heavy atom. The van der Waals surface area contributed by atoms with Gasteiger partial charge in [0, 0.05) is 19.3 Å². The molecule has 0 saturated carbocycles. The van der Waals surface area contributed by atoms with Gasteiger partial charge in [-0.1, -0.05) is 18.2 Å². The molecule has 2 aromatic rings. The number of halogens is 3. The maximum Gasteiger partial charge on any atom is 0.416 e. The van der Waals surface area contributed by atoms with Gasteiger partial charge in [0.1, 0.15) is 5.69 Å². The molecule has 1 aliphatic rings. The summed E-state index contributed by atoms with van der Waals surface area (Å²) in [5.74, 6) is -0.380. The first-order valence-electron chi connectivity index (χ1n) is 7.97. The number of aliphatic hydroxyl groups excluding tert-OH is 1. The van der Waals surface area contributed by atoms with E-state index in [9.17, 15) is 23.1 Å². The summed E-state index contributed by atoms with van der Waals surface area (Å²) in [6.45, 7) is 1.85. The van der Waals surface area contributed by atoms with E-state index in [4.69, 9.17) is 0 Å². The molecule has 0 bridgehead atoms. The van der Waals surface area contributed by atoms with E-state index in [1.807, 2.05) is 6.92 Å². The average Bonchev–Trinajstić information content (AvgIpc) is 3.10. The number of aliphatic hydroxyl groups is 1. The largest absolute Gasteiger partial charge is 0.416 e. The van der Waals surface area contributed by atoms with Crippen molar-refractivity contribution in [3.05, 3.63) is 58.9 Å². The minimum atomic E-state index is -4.51. The third-order valence-electron chi connectivity index (χ3n) is 4.76. The lowest BCUT2D eigenvalue weighted by atomic mass is 9.97. The first-order chi connectivity index (χ1) is 11.7. The number of alkyl halides is 3. The Balaban J connectivity index is 2.01. The van der Waals surface area contributed by atoms with Crippen LogP contribution in [-0.2, 0) is 13.2 Å². The molecule has 1 amide bonds. The molecule has 1 saturated heterocycles. The lowest BCUT2D eigenvalue weighted by Crippen LogP contribution is -2.33. The molecule has 2 atom stereocenters. The molecule has 0 aliphatic carbocycles. The molecule has 1 aromatic heterocycles. The minimum absolute atomic E-state index is 0.0138. The standard InChI is InChI=1S/C18H19F3N2O2/c1-11-7-8-15(22(11)2)17(25)23-10-12(24)9-16(23)13-5-3-4-6-14(13)18(19,20)21/h3-8,12,16,24H,9-10H2,1-2H3/t12-,16+/m1/s1. The van der Waals surface area contributed by atoms with Gasteiger partial charge in [-0.25, -0.2) is 0 Å². The number of amides is 1. The van der Waals surface area contributed by atoms with Crippen molar-refractivity contribution in [2.45, 2.75) is 31.7 Å². The molecule has 7 heteroatoms. The molecule has 0 radical (unpaired) electrons. The van der Waals surface area contributed by atoms with Crippen molar-refractivity contribution in [3.63, 3.8) is 0 Å². The third kappa shape index (κ3) is 3.16. The molecule has 134 valence electrons. The monoisotopic (exact) mass is 352 g/mol. The Morgan fingerprint density at radius 2 is 1.88 bits per heavy atom. The Bertz CT molecular complexity index is 798. The topological polar surface area (TPSA) is 45.5 Å². The van der Waals surface area contributed by atoms with E-state index in [1.54, 1.807) is 23.7 Å². The van der Waals surface area contributed by atoms with Crippen LogP contribution < -0.4 is 0 Å². The van der Waals surface area contributed by atoms with E-state index < -0.39 is 23.9 Å². The number of carbonyl (C=O) groups excluding carboxylic acids is 1. The number of β-amino-alcohol motifs (C(OH)–C–C–N with tert-alkyl or cyclic N) is 1. The summed E-state index contributed by atoms with van der Waals surface area (Å²) in [5.41, 5.74) is 0.511. The lowest BCUT2D eigenvalue weighted by Gasteiger charge is -2.27. The van der Waals surface area contributed by atoms with Crippen molar-refractivity contribution >= 4 is 5.91 Å². The number of benzene rings is 1. The maximum absolute atomic E-state index is 13.3. The third-order valence-corrected chi connectivity index (χ3v) is 4.76. The Morgan fingerprint density at radius 1 is 1.20 bits per heavy atom. The summed E-state index contributed by atoms with van der Waals surface area (Å²) in [4.78, 5) is 14.2. The van der Waals surface area contributed by atoms with Crippen LogP contribution >= 0.6 is 0 Å². The van der Waals surface area contributed by atoms with Gasteiger partial charge >= 0.3 is 6.18 Å². The second-order valence-electron chi connectivity index (χ2n) is 6.37. The van der Waals surface area contributed by atoms with Crippen molar-refractivity contribution in [1.82, 2.24) is 9.47 Å². The predicted molar refractivity (Wildman–Crippen MR) is 86.0 cm³/mol. The molecule has 0 unspecified atom stereocenters. The summed E-state index contributed by atoms with van der Waals surface area (Å²) in [6.07, 6.45) is -5.28. The highest BCUT2D eigenvalue weighted by Crippen LogP contribution is 2.40. The van der Waals surface area contributed by atoms with Crippen molar-refractivity contribution in [1.29, 1.82) is 0 Å². The van der Waals surface area contributed by atoms with E-state index in [-0.39, 0.29) is 24.4 Å². The minimum Gasteiger partial charge on any atom is -0.391 e. The highest BCUT2D eigenvalue weighted by molar-refractivity contribution is 5.93. The van der Waals surface area contributed by atoms with Gasteiger partial charge in [0.2, 0.25) is 0 Å². The van der Waals surface area contributed by atoms with Gasteiger partial charge in [0.15, 0.2) is 0 Å². The fourth-order valence-corrected chi connectivity index (χ4v) is 3.35. The first kappa shape index (κ1) is 17.5. The number of hydrogen-bond acceptors (Lipinski definition) is 2. The molecule has 3 rings (SSSR count). The predicted octanol–water partition coefficient (Wildman–Crippen LogP) is 3.30. The molecule has 1 aromatic carbocycles. The number of nitrogens with zero attached hydrogens (tertiary/aromatic N) is 2. The zero-order valence-corrected chi connectivity index (χ0v) is 13.9. The van der Waals surface area contributed by atoms with Gasteiger partial charge in [0.05, 0.1) is 17.7 Å². The molecule has 1 N–H and O–H groups in total. The van der Waals surface area contributed by atoms with Crippen molar-refractivity contribution in [3.8, 4) is 0 Å². The highest BCUT2D eigenvalue weighted by atomic mass is 19.4. The maximum atomic E-state index is 13.3. The summed E-state index contributed by atoms with van der Waals surface area (Å²) in [5, 5.41) is 10.0. The molecular formula is C18H19F3N2O2. The van der Waals surface area contributed by atoms with Crippen molar-refractivity contribution in [2.75, 3.05) is 6.54 Å². The van der Waals surface area contributed by atoms with Crippen LogP contribution in [0.5, 0.6) is 0 Å². The molecule has 25 heavy (non-hydrogen) atoms. The normalized spacial score (nSPS) is 21.0. The average molecular weight is 352 g/mol. The lowest BCUT2D eigenvalue weighted by molar-refractivity contribution is -0.138. The molecule has 1 aliphatic heterocycles. The fraction of sp³-hybridized carbons (Fsp3) is 0.389. The Labute approximate surface area is 143 Å². The number of carbonyl (C=O) groups is 1. The van der Waals surface area contributed by atoms with Gasteiger partial charge in [-0.3, -0.25) is 4.79 Å². The smallest absolute Gasteiger partial charge is 0.391 e. The molecule has 4 nitrogen and oxygen atoms in total. The summed E-state index contributed by atoms with van der Waals surface area (Å²) >= 11 is 0. The number of aryl methyl sites for hydroxylation is 1. The zero-order valence-electron chi connectivity index (χ0n) is 13.9. The SMILES string of the molecule is Cc1ccc(C(=O)N2C[C@H](O)C[C@H]2c2ccccc2C(F)(F)F)n1C. The second-order valence-corrected chi connectivity index (χ2v) is 6.37. The van der Waals surface area contributed by atoms with E-state index in [0.717, 1.165) is 11.8 Å². The summed E-state index contributed by atoms with van der Waals surface area (Å²) in [6, 6.07) is 7.84.